The summed E-state index contributed by atoms with van der Waals surface area (Å²) in [6.07, 6.45) is 2.22. The lowest BCUT2D eigenvalue weighted by Gasteiger charge is -2.39. The van der Waals surface area contributed by atoms with Crippen LogP contribution in [0.25, 0.3) is 0 Å². The zero-order chi connectivity index (χ0) is 22.2. The summed E-state index contributed by atoms with van der Waals surface area (Å²) in [5, 5.41) is 0.634. The molecule has 7 heteroatoms. The van der Waals surface area contributed by atoms with E-state index in [1.165, 1.54) is 5.56 Å². The molecule has 166 valence electrons. The summed E-state index contributed by atoms with van der Waals surface area (Å²) in [5.41, 5.74) is 3.17. The SMILES string of the molecule is CCC(C)(C)c1ccc([S+]([O-])N2CCC(N3C(=O)OCc4cc(Cl)ccc43)CC2)cc1. The molecule has 0 aliphatic carbocycles. The minimum absolute atomic E-state index is 0.0219. The van der Waals surface area contributed by atoms with Crippen molar-refractivity contribution in [2.24, 2.45) is 0 Å². The Morgan fingerprint density at radius 1 is 1.16 bits per heavy atom. The lowest BCUT2D eigenvalue weighted by molar-refractivity contribution is 0.136. The second-order valence-corrected chi connectivity index (χ2v) is 10.8. The van der Waals surface area contributed by atoms with Crippen LogP contribution in [0.1, 0.15) is 51.2 Å². The number of hydrogen-bond donors (Lipinski definition) is 0. The Hall–Kier alpha value is -1.73. The van der Waals surface area contributed by atoms with Crippen molar-refractivity contribution in [2.45, 2.75) is 63.0 Å². The lowest BCUT2D eigenvalue weighted by atomic mass is 9.82. The van der Waals surface area contributed by atoms with Gasteiger partial charge in [-0.1, -0.05) is 44.5 Å². The van der Waals surface area contributed by atoms with E-state index in [1.54, 1.807) is 11.0 Å². The highest BCUT2D eigenvalue weighted by Crippen LogP contribution is 2.34. The van der Waals surface area contributed by atoms with Gasteiger partial charge in [0.15, 0.2) is 4.90 Å². The van der Waals surface area contributed by atoms with Crippen LogP contribution in [0.2, 0.25) is 5.02 Å². The minimum Gasteiger partial charge on any atom is -0.593 e. The summed E-state index contributed by atoms with van der Waals surface area (Å²) in [6.45, 7) is 8.20. The zero-order valence-corrected chi connectivity index (χ0v) is 19.8. The Morgan fingerprint density at radius 2 is 1.84 bits per heavy atom. The lowest BCUT2D eigenvalue weighted by Crippen LogP contribution is -2.50. The van der Waals surface area contributed by atoms with Crippen molar-refractivity contribution in [3.63, 3.8) is 0 Å². The molecule has 2 heterocycles. The predicted molar refractivity (Wildman–Crippen MR) is 125 cm³/mol. The molecule has 1 saturated heterocycles. The maximum Gasteiger partial charge on any atom is 0.414 e. The molecule has 1 amide bonds. The average Bonchev–Trinajstić information content (AvgIpc) is 2.79. The fourth-order valence-corrected chi connectivity index (χ4v) is 5.60. The molecule has 0 saturated carbocycles. The monoisotopic (exact) mass is 460 g/mol. The van der Waals surface area contributed by atoms with Crippen molar-refractivity contribution in [1.82, 2.24) is 4.31 Å². The molecule has 0 radical (unpaired) electrons. The molecule has 2 aliphatic rings. The first-order chi connectivity index (χ1) is 14.8. The number of fused-ring (bicyclic) bond motifs is 1. The fourth-order valence-electron chi connectivity index (χ4n) is 4.20. The molecule has 2 aromatic rings. The number of hydrogen-bond acceptors (Lipinski definition) is 4. The number of halogens is 1. The van der Waals surface area contributed by atoms with Crippen LogP contribution in [0, 0.1) is 0 Å². The second kappa shape index (κ2) is 9.02. The Morgan fingerprint density at radius 3 is 2.48 bits per heavy atom. The quantitative estimate of drug-likeness (QED) is 0.539. The topological polar surface area (TPSA) is 55.8 Å². The Kier molecular flexibility index (Phi) is 6.54. The van der Waals surface area contributed by atoms with Crippen LogP contribution in [-0.4, -0.2) is 34.1 Å². The van der Waals surface area contributed by atoms with E-state index in [2.05, 4.69) is 32.9 Å². The highest BCUT2D eigenvalue weighted by molar-refractivity contribution is 7.89. The van der Waals surface area contributed by atoms with E-state index < -0.39 is 11.4 Å². The van der Waals surface area contributed by atoms with Gasteiger partial charge in [0, 0.05) is 29.7 Å². The van der Waals surface area contributed by atoms with E-state index in [9.17, 15) is 9.35 Å². The molecule has 2 aromatic carbocycles. The number of carbonyl (C=O) groups excluding carboxylic acids is 1. The number of piperidine rings is 1. The molecule has 4 rings (SSSR count). The maximum absolute atomic E-state index is 13.1. The molecule has 1 atom stereocenters. The van der Waals surface area contributed by atoms with Crippen LogP contribution in [-0.2, 0) is 28.1 Å². The third-order valence-electron chi connectivity index (χ3n) is 6.59. The standard InChI is InChI=1S/C24H29ClN2O3S/c1-4-24(2,3)18-5-8-21(9-6-18)31(29)26-13-11-20(12-14-26)27-22-10-7-19(25)15-17(22)16-30-23(27)28/h5-10,15,20H,4,11-14,16H2,1-3H3. The van der Waals surface area contributed by atoms with E-state index in [0.717, 1.165) is 35.4 Å². The van der Waals surface area contributed by atoms with Gasteiger partial charge in [-0.05, 0) is 60.6 Å². The van der Waals surface area contributed by atoms with Gasteiger partial charge in [0.1, 0.15) is 6.61 Å². The van der Waals surface area contributed by atoms with Crippen LogP contribution in [0.3, 0.4) is 0 Å². The van der Waals surface area contributed by atoms with E-state index in [-0.39, 0.29) is 24.2 Å². The van der Waals surface area contributed by atoms with Gasteiger partial charge in [-0.2, -0.15) is 0 Å². The predicted octanol–water partition coefficient (Wildman–Crippen LogP) is 5.67. The first kappa shape index (κ1) is 22.5. The highest BCUT2D eigenvalue weighted by Gasteiger charge is 2.37. The second-order valence-electron chi connectivity index (χ2n) is 8.87. The van der Waals surface area contributed by atoms with E-state index in [0.29, 0.717) is 18.1 Å². The summed E-state index contributed by atoms with van der Waals surface area (Å²) in [4.78, 5) is 15.1. The molecule has 0 spiro atoms. The van der Waals surface area contributed by atoms with Crippen LogP contribution in [0.4, 0.5) is 10.5 Å². The maximum atomic E-state index is 13.1. The molecule has 0 bridgehead atoms. The van der Waals surface area contributed by atoms with Crippen LogP contribution >= 0.6 is 11.6 Å². The number of benzene rings is 2. The minimum atomic E-state index is -1.20. The molecule has 0 N–H and O–H groups in total. The summed E-state index contributed by atoms with van der Waals surface area (Å²) in [6, 6.07) is 13.7. The zero-order valence-electron chi connectivity index (χ0n) is 18.3. The van der Waals surface area contributed by atoms with E-state index >= 15 is 0 Å². The number of carbonyl (C=O) groups is 1. The molecule has 0 aromatic heterocycles. The van der Waals surface area contributed by atoms with Gasteiger partial charge in [-0.3, -0.25) is 4.90 Å². The number of cyclic esters (lactones) is 1. The summed E-state index contributed by atoms with van der Waals surface area (Å²) in [7, 11) is 0. The first-order valence-electron chi connectivity index (χ1n) is 10.8. The number of nitrogens with zero attached hydrogens (tertiary/aromatic N) is 2. The Bertz CT molecular complexity index is 942. The third-order valence-corrected chi connectivity index (χ3v) is 8.34. The normalized spacial score (nSPS) is 19.1. The van der Waals surface area contributed by atoms with Crippen molar-refractivity contribution >= 4 is 34.7 Å². The van der Waals surface area contributed by atoms with Crippen LogP contribution in [0.5, 0.6) is 0 Å². The summed E-state index contributed by atoms with van der Waals surface area (Å²) in [5.74, 6) is 0. The average molecular weight is 461 g/mol. The van der Waals surface area contributed by atoms with Gasteiger partial charge in [0.05, 0.1) is 17.0 Å². The number of rotatable bonds is 5. The van der Waals surface area contributed by atoms with E-state index in [1.807, 2.05) is 28.6 Å². The molecule has 5 nitrogen and oxygen atoms in total. The van der Waals surface area contributed by atoms with Crippen molar-refractivity contribution in [2.75, 3.05) is 18.0 Å². The number of ether oxygens (including phenoxy) is 1. The largest absolute Gasteiger partial charge is 0.593 e. The van der Waals surface area contributed by atoms with Gasteiger partial charge in [-0.15, -0.1) is 4.31 Å². The van der Waals surface area contributed by atoms with Crippen molar-refractivity contribution in [3.05, 3.63) is 58.6 Å². The van der Waals surface area contributed by atoms with Gasteiger partial charge in [0.2, 0.25) is 0 Å². The van der Waals surface area contributed by atoms with Gasteiger partial charge < -0.3 is 9.29 Å². The summed E-state index contributed by atoms with van der Waals surface area (Å²) >= 11 is 4.90. The molecular formula is C24H29ClN2O3S. The molecule has 31 heavy (non-hydrogen) atoms. The first-order valence-corrected chi connectivity index (χ1v) is 12.3. The Balaban J connectivity index is 1.43. The van der Waals surface area contributed by atoms with Crippen molar-refractivity contribution in [3.8, 4) is 0 Å². The number of anilines is 1. The van der Waals surface area contributed by atoms with Crippen molar-refractivity contribution in [1.29, 1.82) is 0 Å². The van der Waals surface area contributed by atoms with Crippen molar-refractivity contribution < 1.29 is 14.1 Å². The molecule has 2 aliphatic heterocycles. The van der Waals surface area contributed by atoms with Crippen LogP contribution < -0.4 is 4.90 Å². The fraction of sp³-hybridized carbons (Fsp3) is 0.458. The molecule has 1 fully saturated rings. The van der Waals surface area contributed by atoms with Gasteiger partial charge >= 0.3 is 6.09 Å². The summed E-state index contributed by atoms with van der Waals surface area (Å²) < 4.78 is 20.5. The van der Waals surface area contributed by atoms with Gasteiger partial charge in [0.25, 0.3) is 0 Å². The molecule has 1 unspecified atom stereocenters. The number of amides is 1. The van der Waals surface area contributed by atoms with E-state index in [4.69, 9.17) is 16.3 Å². The smallest absolute Gasteiger partial charge is 0.414 e. The Labute approximate surface area is 192 Å². The van der Waals surface area contributed by atoms with Crippen LogP contribution in [0.15, 0.2) is 47.4 Å². The highest BCUT2D eigenvalue weighted by atomic mass is 35.5. The van der Waals surface area contributed by atoms with Gasteiger partial charge in [-0.25, -0.2) is 4.79 Å². The molecular weight excluding hydrogens is 432 g/mol. The third kappa shape index (κ3) is 4.58.